The molecule has 88 valence electrons. The number of rotatable bonds is 1. The maximum atomic E-state index is 6.03. The summed E-state index contributed by atoms with van der Waals surface area (Å²) in [7, 11) is 0. The third kappa shape index (κ3) is 2.07. The van der Waals surface area contributed by atoms with Crippen LogP contribution in [0.5, 0.6) is 0 Å². The fourth-order valence-electron chi connectivity index (χ4n) is 3.40. The molecule has 3 unspecified atom stereocenters. The van der Waals surface area contributed by atoms with Gasteiger partial charge in [-0.3, -0.25) is 4.90 Å². The molecule has 0 saturated carbocycles. The van der Waals surface area contributed by atoms with Crippen molar-refractivity contribution in [3.8, 4) is 0 Å². The lowest BCUT2D eigenvalue weighted by Crippen LogP contribution is -2.47. The van der Waals surface area contributed by atoms with E-state index in [2.05, 4.69) is 32.6 Å². The highest BCUT2D eigenvalue weighted by Crippen LogP contribution is 2.40. The van der Waals surface area contributed by atoms with E-state index in [0.717, 1.165) is 19.1 Å². The van der Waals surface area contributed by atoms with Crippen LogP contribution in [0.2, 0.25) is 0 Å². The van der Waals surface area contributed by atoms with E-state index in [4.69, 9.17) is 4.74 Å². The molecule has 0 amide bonds. The van der Waals surface area contributed by atoms with Crippen LogP contribution in [0.15, 0.2) is 0 Å². The first-order valence-corrected chi connectivity index (χ1v) is 6.39. The second-order valence-electron chi connectivity index (χ2n) is 6.14. The average Bonchev–Trinajstić information content (AvgIpc) is 2.54. The number of ether oxygens (including phenoxy) is 1. The molecule has 0 spiro atoms. The fraction of sp³-hybridized carbons (Fsp3) is 1.00. The Hall–Kier alpha value is -0.0800. The lowest BCUT2D eigenvalue weighted by Gasteiger charge is -2.39. The normalized spacial score (nSPS) is 38.0. The molecule has 2 rings (SSSR count). The molecule has 0 N–H and O–H groups in total. The molecule has 15 heavy (non-hydrogen) atoms. The average molecular weight is 211 g/mol. The van der Waals surface area contributed by atoms with E-state index >= 15 is 0 Å². The molecule has 2 heterocycles. The van der Waals surface area contributed by atoms with Crippen LogP contribution in [0, 0.1) is 11.3 Å². The van der Waals surface area contributed by atoms with Crippen molar-refractivity contribution in [2.75, 3.05) is 19.7 Å². The van der Waals surface area contributed by atoms with E-state index in [1.165, 1.54) is 19.4 Å². The molecule has 0 aliphatic carbocycles. The lowest BCUT2D eigenvalue weighted by molar-refractivity contribution is -0.0483. The number of hydrogen-bond acceptors (Lipinski definition) is 2. The minimum atomic E-state index is 0.340. The van der Waals surface area contributed by atoms with Crippen LogP contribution in [-0.4, -0.2) is 36.7 Å². The first kappa shape index (κ1) is 11.4. The summed E-state index contributed by atoms with van der Waals surface area (Å²) < 4.78 is 6.03. The van der Waals surface area contributed by atoms with Gasteiger partial charge in [0.15, 0.2) is 0 Å². The Balaban J connectivity index is 2.17. The van der Waals surface area contributed by atoms with Gasteiger partial charge in [-0.15, -0.1) is 0 Å². The highest BCUT2D eigenvalue weighted by molar-refractivity contribution is 5.00. The maximum Gasteiger partial charge on any atom is 0.0775 e. The zero-order valence-electron chi connectivity index (χ0n) is 10.6. The second kappa shape index (κ2) is 4.06. The predicted molar refractivity (Wildman–Crippen MR) is 63.0 cm³/mol. The molecule has 2 heteroatoms. The van der Waals surface area contributed by atoms with Gasteiger partial charge >= 0.3 is 0 Å². The third-order valence-electron chi connectivity index (χ3n) is 3.96. The van der Waals surface area contributed by atoms with E-state index in [0.29, 0.717) is 17.6 Å². The summed E-state index contributed by atoms with van der Waals surface area (Å²) in [5, 5.41) is 0. The smallest absolute Gasteiger partial charge is 0.0775 e. The van der Waals surface area contributed by atoms with Crippen LogP contribution in [0.3, 0.4) is 0 Å². The number of nitrogens with zero attached hydrogens (tertiary/aromatic N) is 1. The highest BCUT2D eigenvalue weighted by Gasteiger charge is 2.47. The van der Waals surface area contributed by atoms with E-state index < -0.39 is 0 Å². The minimum Gasteiger partial charge on any atom is -0.376 e. The van der Waals surface area contributed by atoms with Crippen molar-refractivity contribution < 1.29 is 4.74 Å². The van der Waals surface area contributed by atoms with Crippen molar-refractivity contribution in [3.05, 3.63) is 0 Å². The number of hydrogen-bond donors (Lipinski definition) is 0. The molecular weight excluding hydrogens is 186 g/mol. The minimum absolute atomic E-state index is 0.340. The summed E-state index contributed by atoms with van der Waals surface area (Å²) in [5.41, 5.74) is 0.340. The van der Waals surface area contributed by atoms with Gasteiger partial charge in [-0.2, -0.15) is 0 Å². The van der Waals surface area contributed by atoms with Crippen molar-refractivity contribution in [2.45, 2.75) is 52.7 Å². The lowest BCUT2D eigenvalue weighted by atomic mass is 9.80. The van der Waals surface area contributed by atoms with E-state index in [1.54, 1.807) is 0 Å². The number of fused-ring (bicyclic) bond motifs is 1. The molecule has 3 atom stereocenters. The van der Waals surface area contributed by atoms with Gasteiger partial charge in [0.25, 0.3) is 0 Å². The summed E-state index contributed by atoms with van der Waals surface area (Å²) in [6.45, 7) is 12.7. The highest BCUT2D eigenvalue weighted by atomic mass is 16.5. The molecule has 0 radical (unpaired) electrons. The van der Waals surface area contributed by atoms with Crippen LogP contribution in [0.4, 0.5) is 0 Å². The van der Waals surface area contributed by atoms with Gasteiger partial charge in [0.2, 0.25) is 0 Å². The van der Waals surface area contributed by atoms with Crippen LogP contribution in [0.1, 0.15) is 40.5 Å². The molecule has 2 fully saturated rings. The summed E-state index contributed by atoms with van der Waals surface area (Å²) in [4.78, 5) is 2.63. The molecule has 0 aromatic heterocycles. The Bertz CT molecular complexity index is 221. The Morgan fingerprint density at radius 3 is 2.67 bits per heavy atom. The molecular formula is C13H25NO. The molecule has 2 aliphatic heterocycles. The maximum absolute atomic E-state index is 6.03. The van der Waals surface area contributed by atoms with Gasteiger partial charge in [-0.25, -0.2) is 0 Å². The molecule has 0 aromatic carbocycles. The predicted octanol–water partition coefficient (Wildman–Crippen LogP) is 2.53. The van der Waals surface area contributed by atoms with Gasteiger partial charge < -0.3 is 4.74 Å². The first-order chi connectivity index (χ1) is 7.04. The van der Waals surface area contributed by atoms with Crippen molar-refractivity contribution in [2.24, 2.45) is 11.3 Å². The van der Waals surface area contributed by atoms with Crippen LogP contribution in [-0.2, 0) is 4.74 Å². The quantitative estimate of drug-likeness (QED) is 0.661. The van der Waals surface area contributed by atoms with Crippen LogP contribution in [0.25, 0.3) is 0 Å². The standard InChI is InChI=1S/C13H25NO/c1-5-14-9-10-7-6-8-15-11(10)12(14)13(2,3)4/h10-12H,5-9H2,1-4H3. The SMILES string of the molecule is CCN1CC2CCCOC2C1C(C)(C)C. The molecule has 2 nitrogen and oxygen atoms in total. The zero-order chi connectivity index (χ0) is 11.1. The van der Waals surface area contributed by atoms with Gasteiger partial charge in [0, 0.05) is 19.2 Å². The monoisotopic (exact) mass is 211 g/mol. The van der Waals surface area contributed by atoms with Crippen molar-refractivity contribution in [1.29, 1.82) is 0 Å². The first-order valence-electron chi connectivity index (χ1n) is 6.39. The summed E-state index contributed by atoms with van der Waals surface area (Å²) >= 11 is 0. The van der Waals surface area contributed by atoms with Crippen molar-refractivity contribution >= 4 is 0 Å². The number of likely N-dealkylation sites (tertiary alicyclic amines) is 1. The van der Waals surface area contributed by atoms with Gasteiger partial charge in [-0.05, 0) is 30.7 Å². The Morgan fingerprint density at radius 1 is 1.33 bits per heavy atom. The van der Waals surface area contributed by atoms with E-state index in [9.17, 15) is 0 Å². The topological polar surface area (TPSA) is 12.5 Å². The Labute approximate surface area is 94.0 Å². The second-order valence-corrected chi connectivity index (χ2v) is 6.14. The Kier molecular flexibility index (Phi) is 3.09. The summed E-state index contributed by atoms with van der Waals surface area (Å²) in [6.07, 6.45) is 3.13. The van der Waals surface area contributed by atoms with E-state index in [1.807, 2.05) is 0 Å². The van der Waals surface area contributed by atoms with E-state index in [-0.39, 0.29) is 0 Å². The van der Waals surface area contributed by atoms with Crippen LogP contribution >= 0.6 is 0 Å². The van der Waals surface area contributed by atoms with Gasteiger partial charge in [0.05, 0.1) is 6.10 Å². The number of likely N-dealkylation sites (N-methyl/N-ethyl adjacent to an activating group) is 1. The summed E-state index contributed by atoms with van der Waals surface area (Å²) in [5.74, 6) is 0.794. The molecule has 0 aromatic rings. The molecule has 2 aliphatic rings. The molecule has 2 saturated heterocycles. The van der Waals surface area contributed by atoms with Crippen molar-refractivity contribution in [3.63, 3.8) is 0 Å². The summed E-state index contributed by atoms with van der Waals surface area (Å²) in [6, 6.07) is 0.618. The van der Waals surface area contributed by atoms with Gasteiger partial charge in [-0.1, -0.05) is 27.7 Å². The van der Waals surface area contributed by atoms with Gasteiger partial charge in [0.1, 0.15) is 0 Å². The van der Waals surface area contributed by atoms with Crippen LogP contribution < -0.4 is 0 Å². The zero-order valence-corrected chi connectivity index (χ0v) is 10.6. The third-order valence-corrected chi connectivity index (χ3v) is 3.96. The molecule has 0 bridgehead atoms. The Morgan fingerprint density at radius 2 is 2.07 bits per heavy atom. The largest absolute Gasteiger partial charge is 0.376 e. The van der Waals surface area contributed by atoms with Crippen molar-refractivity contribution in [1.82, 2.24) is 4.90 Å². The fourth-order valence-corrected chi connectivity index (χ4v) is 3.40.